The zero-order chi connectivity index (χ0) is 24.2. The summed E-state index contributed by atoms with van der Waals surface area (Å²) in [6.45, 7) is 3.18. The van der Waals surface area contributed by atoms with E-state index in [0.29, 0.717) is 36.9 Å². The number of carbonyl (C=O) groups excluding carboxylic acids is 2. The number of nitrogens with zero attached hydrogens (tertiary/aromatic N) is 3. The first-order valence-corrected chi connectivity index (χ1v) is 11.7. The summed E-state index contributed by atoms with van der Waals surface area (Å²) in [6.07, 6.45) is 0.868. The van der Waals surface area contributed by atoms with Crippen molar-refractivity contribution in [3.8, 4) is 22.8 Å². The molecule has 2 amide bonds. The lowest BCUT2D eigenvalue weighted by molar-refractivity contribution is -0.139. The Morgan fingerprint density at radius 3 is 2.43 bits per heavy atom. The highest BCUT2D eigenvalue weighted by atomic mass is 16.5. The van der Waals surface area contributed by atoms with Crippen LogP contribution in [0.25, 0.3) is 22.8 Å². The lowest BCUT2D eigenvalue weighted by Gasteiger charge is -2.31. The number of benzene rings is 3. The lowest BCUT2D eigenvalue weighted by Crippen LogP contribution is -2.41. The smallest absolute Gasteiger partial charge is 0.258 e. The zero-order valence-corrected chi connectivity index (χ0v) is 19.5. The van der Waals surface area contributed by atoms with Crippen LogP contribution in [0.4, 0.5) is 5.69 Å². The molecule has 7 heteroatoms. The average Bonchev–Trinajstić information content (AvgIpc) is 3.37. The summed E-state index contributed by atoms with van der Waals surface area (Å²) in [5.41, 5.74) is 4.57. The third kappa shape index (κ3) is 5.30. The molecule has 0 aliphatic carbocycles. The fraction of sp³-hybridized carbons (Fsp3) is 0.214. The molecule has 0 radical (unpaired) electrons. The number of piperidine rings is 1. The molecule has 0 saturated carbocycles. The summed E-state index contributed by atoms with van der Waals surface area (Å²) < 4.78 is 5.43. The second kappa shape index (κ2) is 9.93. The van der Waals surface area contributed by atoms with Crippen LogP contribution in [-0.2, 0) is 16.1 Å². The quantitative estimate of drug-likeness (QED) is 0.428. The molecule has 1 fully saturated rings. The van der Waals surface area contributed by atoms with Gasteiger partial charge in [0.15, 0.2) is 0 Å². The standard InChI is InChI=1S/C28H26N4O3/c1-19-7-9-21(10-8-19)26-30-28(35-31-26)22-11-13-24(14-12-22)29-27(34)23-15-16-32(25(33)17-23)18-20-5-3-2-4-6-20/h2-14,23H,15-18H2,1H3,(H,29,34). The Labute approximate surface area is 203 Å². The fourth-order valence-electron chi connectivity index (χ4n) is 4.17. The minimum atomic E-state index is -0.331. The topological polar surface area (TPSA) is 88.3 Å². The van der Waals surface area contributed by atoms with Crippen molar-refractivity contribution < 1.29 is 14.1 Å². The summed E-state index contributed by atoms with van der Waals surface area (Å²) in [5.74, 6) is 0.485. The SMILES string of the molecule is Cc1ccc(-c2noc(-c3ccc(NC(=O)C4CCN(Cc5ccccc5)C(=O)C4)cc3)n2)cc1. The van der Waals surface area contributed by atoms with Crippen molar-refractivity contribution in [2.45, 2.75) is 26.3 Å². The van der Waals surface area contributed by atoms with E-state index in [-0.39, 0.29) is 24.2 Å². The lowest BCUT2D eigenvalue weighted by atomic mass is 9.94. The predicted octanol–water partition coefficient (Wildman–Crippen LogP) is 5.09. The molecule has 7 nitrogen and oxygen atoms in total. The number of nitrogens with one attached hydrogen (secondary N) is 1. The van der Waals surface area contributed by atoms with Gasteiger partial charge in [-0.2, -0.15) is 4.98 Å². The maximum absolute atomic E-state index is 12.8. The van der Waals surface area contributed by atoms with Gasteiger partial charge in [-0.3, -0.25) is 9.59 Å². The number of aromatic nitrogens is 2. The van der Waals surface area contributed by atoms with E-state index in [1.807, 2.05) is 78.6 Å². The number of carbonyl (C=O) groups is 2. The highest BCUT2D eigenvalue weighted by Crippen LogP contribution is 2.25. The molecule has 0 spiro atoms. The summed E-state index contributed by atoms with van der Waals surface area (Å²) in [7, 11) is 0. The second-order valence-corrected chi connectivity index (χ2v) is 8.85. The molecule has 1 unspecified atom stereocenters. The first-order chi connectivity index (χ1) is 17.0. The third-order valence-electron chi connectivity index (χ3n) is 6.24. The van der Waals surface area contributed by atoms with Gasteiger partial charge in [0.05, 0.1) is 0 Å². The normalized spacial score (nSPS) is 15.7. The Morgan fingerprint density at radius 1 is 1.00 bits per heavy atom. The van der Waals surface area contributed by atoms with Crippen LogP contribution in [0, 0.1) is 12.8 Å². The van der Waals surface area contributed by atoms with Gasteiger partial charge in [0, 0.05) is 42.2 Å². The van der Waals surface area contributed by atoms with E-state index >= 15 is 0 Å². The average molecular weight is 467 g/mol. The van der Waals surface area contributed by atoms with E-state index in [1.54, 1.807) is 12.1 Å². The second-order valence-electron chi connectivity index (χ2n) is 8.85. The van der Waals surface area contributed by atoms with Gasteiger partial charge in [0.1, 0.15) is 0 Å². The highest BCUT2D eigenvalue weighted by Gasteiger charge is 2.30. The number of hydrogen-bond acceptors (Lipinski definition) is 5. The molecule has 1 aliphatic heterocycles. The number of likely N-dealkylation sites (tertiary alicyclic amines) is 1. The molecule has 35 heavy (non-hydrogen) atoms. The molecule has 1 aromatic heterocycles. The molecule has 1 saturated heterocycles. The number of hydrogen-bond donors (Lipinski definition) is 1. The van der Waals surface area contributed by atoms with Crippen LogP contribution >= 0.6 is 0 Å². The summed E-state index contributed by atoms with van der Waals surface area (Å²) in [4.78, 5) is 31.7. The van der Waals surface area contributed by atoms with Gasteiger partial charge < -0.3 is 14.7 Å². The Balaban J connectivity index is 1.17. The van der Waals surface area contributed by atoms with Crippen LogP contribution in [0.5, 0.6) is 0 Å². The van der Waals surface area contributed by atoms with E-state index < -0.39 is 0 Å². The molecule has 1 aliphatic rings. The van der Waals surface area contributed by atoms with Gasteiger partial charge in [-0.15, -0.1) is 0 Å². The molecule has 3 aromatic carbocycles. The third-order valence-corrected chi connectivity index (χ3v) is 6.24. The van der Waals surface area contributed by atoms with Crippen LogP contribution in [-0.4, -0.2) is 33.4 Å². The van der Waals surface area contributed by atoms with Crippen molar-refractivity contribution in [1.82, 2.24) is 15.0 Å². The van der Waals surface area contributed by atoms with Gasteiger partial charge in [-0.25, -0.2) is 0 Å². The Morgan fingerprint density at radius 2 is 1.71 bits per heavy atom. The first kappa shape index (κ1) is 22.5. The summed E-state index contributed by atoms with van der Waals surface area (Å²) in [6, 6.07) is 25.1. The van der Waals surface area contributed by atoms with Crippen LogP contribution in [0.2, 0.25) is 0 Å². The van der Waals surface area contributed by atoms with Crippen molar-refractivity contribution in [1.29, 1.82) is 0 Å². The van der Waals surface area contributed by atoms with E-state index in [0.717, 1.165) is 22.3 Å². The molecule has 5 rings (SSSR count). The Kier molecular flexibility index (Phi) is 6.39. The molecule has 0 bridgehead atoms. The molecule has 4 aromatic rings. The van der Waals surface area contributed by atoms with Gasteiger partial charge in [0.2, 0.25) is 17.6 Å². The van der Waals surface area contributed by atoms with Crippen LogP contribution in [0.3, 0.4) is 0 Å². The Hall–Kier alpha value is -4.26. The van der Waals surface area contributed by atoms with E-state index in [1.165, 1.54) is 0 Å². The molecular weight excluding hydrogens is 440 g/mol. The number of rotatable bonds is 6. The minimum absolute atomic E-state index is 0.0105. The fourth-order valence-corrected chi connectivity index (χ4v) is 4.17. The maximum Gasteiger partial charge on any atom is 0.258 e. The summed E-state index contributed by atoms with van der Waals surface area (Å²) in [5, 5.41) is 7.01. The number of amides is 2. The van der Waals surface area contributed by atoms with Gasteiger partial charge in [0.25, 0.3) is 5.89 Å². The van der Waals surface area contributed by atoms with E-state index in [4.69, 9.17) is 4.52 Å². The molecular formula is C28H26N4O3. The first-order valence-electron chi connectivity index (χ1n) is 11.7. The summed E-state index contributed by atoms with van der Waals surface area (Å²) >= 11 is 0. The van der Waals surface area contributed by atoms with Crippen molar-refractivity contribution in [3.05, 3.63) is 90.0 Å². The van der Waals surface area contributed by atoms with Crippen molar-refractivity contribution in [2.24, 2.45) is 5.92 Å². The van der Waals surface area contributed by atoms with Crippen molar-refractivity contribution >= 4 is 17.5 Å². The van der Waals surface area contributed by atoms with Gasteiger partial charge >= 0.3 is 0 Å². The molecule has 1 atom stereocenters. The molecule has 2 heterocycles. The highest BCUT2D eigenvalue weighted by molar-refractivity contribution is 5.95. The Bertz CT molecular complexity index is 1310. The van der Waals surface area contributed by atoms with E-state index in [9.17, 15) is 9.59 Å². The van der Waals surface area contributed by atoms with Gasteiger partial charge in [-0.1, -0.05) is 65.3 Å². The van der Waals surface area contributed by atoms with Crippen molar-refractivity contribution in [2.75, 3.05) is 11.9 Å². The monoisotopic (exact) mass is 466 g/mol. The maximum atomic E-state index is 12.8. The van der Waals surface area contributed by atoms with Crippen molar-refractivity contribution in [3.63, 3.8) is 0 Å². The minimum Gasteiger partial charge on any atom is -0.338 e. The largest absolute Gasteiger partial charge is 0.338 e. The van der Waals surface area contributed by atoms with Gasteiger partial charge in [-0.05, 0) is 43.2 Å². The predicted molar refractivity (Wildman–Crippen MR) is 133 cm³/mol. The number of aryl methyl sites for hydroxylation is 1. The zero-order valence-electron chi connectivity index (χ0n) is 19.5. The molecule has 176 valence electrons. The van der Waals surface area contributed by atoms with E-state index in [2.05, 4.69) is 15.5 Å². The van der Waals surface area contributed by atoms with Crippen LogP contribution in [0.1, 0.15) is 24.0 Å². The van der Waals surface area contributed by atoms with Crippen LogP contribution in [0.15, 0.2) is 83.4 Å². The molecule has 1 N–H and O–H groups in total. The van der Waals surface area contributed by atoms with Crippen LogP contribution < -0.4 is 5.32 Å². The number of anilines is 1.